The summed E-state index contributed by atoms with van der Waals surface area (Å²) in [6, 6.07) is 5.90. The lowest BCUT2D eigenvalue weighted by molar-refractivity contribution is 1.27. The fraction of sp³-hybridized carbons (Fsp3) is 0.214. The highest BCUT2D eigenvalue weighted by Crippen LogP contribution is 2.27. The minimum atomic E-state index is 0.765. The van der Waals surface area contributed by atoms with Gasteiger partial charge < -0.3 is 11.1 Å². The number of aromatic nitrogens is 1. The van der Waals surface area contributed by atoms with Crippen molar-refractivity contribution in [2.24, 2.45) is 0 Å². The molecule has 3 heteroatoms. The summed E-state index contributed by atoms with van der Waals surface area (Å²) in [5.74, 6) is 0. The van der Waals surface area contributed by atoms with Gasteiger partial charge in [0.05, 0.1) is 0 Å². The van der Waals surface area contributed by atoms with E-state index in [0.29, 0.717) is 0 Å². The Balaban J connectivity index is 2.35. The normalized spacial score (nSPS) is 10.2. The van der Waals surface area contributed by atoms with Crippen LogP contribution in [0.1, 0.15) is 13.8 Å². The van der Waals surface area contributed by atoms with E-state index in [1.165, 1.54) is 5.57 Å². The van der Waals surface area contributed by atoms with Crippen LogP contribution in [0.3, 0.4) is 0 Å². The smallest absolute Gasteiger partial charge is 0.0425 e. The third-order valence-corrected chi connectivity index (χ3v) is 2.65. The van der Waals surface area contributed by atoms with Gasteiger partial charge in [0.1, 0.15) is 0 Å². The van der Waals surface area contributed by atoms with Crippen LogP contribution in [0.15, 0.2) is 42.2 Å². The van der Waals surface area contributed by atoms with E-state index in [-0.39, 0.29) is 0 Å². The number of nitrogens with two attached hydrogens (primary N) is 1. The van der Waals surface area contributed by atoms with Crippen LogP contribution in [0.2, 0.25) is 0 Å². The second-order valence-electron chi connectivity index (χ2n) is 4.29. The van der Waals surface area contributed by atoms with Gasteiger partial charge in [-0.05, 0) is 32.0 Å². The number of nitrogens with zero attached hydrogens (tertiary/aromatic N) is 1. The minimum absolute atomic E-state index is 0.765. The number of nitrogens with one attached hydrogen (secondary N) is 1. The number of hydrogen-bond acceptors (Lipinski definition) is 3. The Hall–Kier alpha value is -2.03. The molecule has 1 aromatic carbocycles. The van der Waals surface area contributed by atoms with Crippen LogP contribution in [0.4, 0.5) is 11.4 Å². The second-order valence-corrected chi connectivity index (χ2v) is 4.29. The van der Waals surface area contributed by atoms with Crippen molar-refractivity contribution < 1.29 is 0 Å². The summed E-state index contributed by atoms with van der Waals surface area (Å²) in [7, 11) is 0. The third kappa shape index (κ3) is 2.56. The maximum Gasteiger partial charge on any atom is 0.0425 e. The van der Waals surface area contributed by atoms with Crippen molar-refractivity contribution in [3.05, 3.63) is 42.2 Å². The van der Waals surface area contributed by atoms with Crippen LogP contribution in [-0.2, 0) is 0 Å². The van der Waals surface area contributed by atoms with Gasteiger partial charge >= 0.3 is 0 Å². The summed E-state index contributed by atoms with van der Waals surface area (Å²) in [5, 5.41) is 5.49. The molecule has 2 rings (SSSR count). The molecule has 2 aromatic rings. The zero-order valence-corrected chi connectivity index (χ0v) is 10.2. The number of allylic oxidation sites excluding steroid dienone is 1. The first kappa shape index (κ1) is 11.5. The van der Waals surface area contributed by atoms with Crippen molar-refractivity contribution in [1.82, 2.24) is 4.98 Å². The molecule has 0 saturated carbocycles. The number of rotatable bonds is 3. The molecule has 0 aliphatic heterocycles. The molecule has 0 spiro atoms. The van der Waals surface area contributed by atoms with E-state index in [0.717, 1.165) is 28.7 Å². The fourth-order valence-corrected chi connectivity index (χ4v) is 1.73. The quantitative estimate of drug-likeness (QED) is 0.625. The number of benzene rings is 1. The predicted molar refractivity (Wildman–Crippen MR) is 74.1 cm³/mol. The van der Waals surface area contributed by atoms with Crippen molar-refractivity contribution in [3.63, 3.8) is 0 Å². The standard InChI is InChI=1S/C14H17N3/c1-10(2)5-8-17-14-4-3-13(15)12-9-16-7-6-11(12)14/h3-7,9,17H,8,15H2,1-2H3. The van der Waals surface area contributed by atoms with Crippen LogP contribution in [0, 0.1) is 0 Å². The van der Waals surface area contributed by atoms with Crippen molar-refractivity contribution >= 4 is 22.1 Å². The molecule has 0 atom stereocenters. The highest BCUT2D eigenvalue weighted by atomic mass is 14.9. The number of pyridine rings is 1. The number of anilines is 2. The summed E-state index contributed by atoms with van der Waals surface area (Å²) < 4.78 is 0. The molecule has 3 N–H and O–H groups in total. The van der Waals surface area contributed by atoms with E-state index in [2.05, 4.69) is 30.2 Å². The first-order chi connectivity index (χ1) is 8.18. The third-order valence-electron chi connectivity index (χ3n) is 2.65. The Morgan fingerprint density at radius 1 is 1.29 bits per heavy atom. The summed E-state index contributed by atoms with van der Waals surface area (Å²) in [6.45, 7) is 5.00. The minimum Gasteiger partial charge on any atom is -0.398 e. The molecule has 1 heterocycles. The van der Waals surface area contributed by atoms with E-state index in [9.17, 15) is 0 Å². The van der Waals surface area contributed by atoms with E-state index >= 15 is 0 Å². The Bertz CT molecular complexity index is 554. The molecular weight excluding hydrogens is 210 g/mol. The molecule has 1 aromatic heterocycles. The molecule has 0 aliphatic rings. The number of hydrogen-bond donors (Lipinski definition) is 2. The average Bonchev–Trinajstić information content (AvgIpc) is 2.32. The van der Waals surface area contributed by atoms with Gasteiger partial charge in [-0.25, -0.2) is 0 Å². The monoisotopic (exact) mass is 227 g/mol. The maximum absolute atomic E-state index is 5.92. The zero-order chi connectivity index (χ0) is 12.3. The summed E-state index contributed by atoms with van der Waals surface area (Å²) in [6.07, 6.45) is 5.74. The van der Waals surface area contributed by atoms with Crippen LogP contribution in [0.25, 0.3) is 10.8 Å². The van der Waals surface area contributed by atoms with Crippen LogP contribution >= 0.6 is 0 Å². The van der Waals surface area contributed by atoms with Crippen LogP contribution in [0.5, 0.6) is 0 Å². The van der Waals surface area contributed by atoms with Gasteiger partial charge in [0.25, 0.3) is 0 Å². The van der Waals surface area contributed by atoms with Crippen molar-refractivity contribution in [1.29, 1.82) is 0 Å². The lowest BCUT2D eigenvalue weighted by Crippen LogP contribution is -2.00. The lowest BCUT2D eigenvalue weighted by Gasteiger charge is -2.09. The van der Waals surface area contributed by atoms with Crippen molar-refractivity contribution in [3.8, 4) is 0 Å². The first-order valence-electron chi connectivity index (χ1n) is 5.68. The van der Waals surface area contributed by atoms with Gasteiger partial charge in [-0.15, -0.1) is 0 Å². The highest BCUT2D eigenvalue weighted by molar-refractivity contribution is 6.00. The summed E-state index contributed by atoms with van der Waals surface area (Å²) in [4.78, 5) is 4.10. The SMILES string of the molecule is CC(C)=CCNc1ccc(N)c2cnccc12. The fourth-order valence-electron chi connectivity index (χ4n) is 1.73. The van der Waals surface area contributed by atoms with E-state index in [1.807, 2.05) is 18.2 Å². The summed E-state index contributed by atoms with van der Waals surface area (Å²) in [5.41, 5.74) is 9.08. The zero-order valence-electron chi connectivity index (χ0n) is 10.2. The lowest BCUT2D eigenvalue weighted by atomic mass is 10.1. The Kier molecular flexibility index (Phi) is 3.28. The molecule has 0 saturated heterocycles. The largest absolute Gasteiger partial charge is 0.398 e. The van der Waals surface area contributed by atoms with Gasteiger partial charge in [-0.1, -0.05) is 11.6 Å². The van der Waals surface area contributed by atoms with Gasteiger partial charge in [-0.3, -0.25) is 4.98 Å². The predicted octanol–water partition coefficient (Wildman–Crippen LogP) is 3.20. The average molecular weight is 227 g/mol. The number of fused-ring (bicyclic) bond motifs is 1. The van der Waals surface area contributed by atoms with Crippen LogP contribution < -0.4 is 11.1 Å². The molecule has 0 fully saturated rings. The molecule has 88 valence electrons. The Labute approximate surface area is 101 Å². The highest BCUT2D eigenvalue weighted by Gasteiger charge is 2.02. The van der Waals surface area contributed by atoms with Crippen LogP contribution in [-0.4, -0.2) is 11.5 Å². The topological polar surface area (TPSA) is 50.9 Å². The second kappa shape index (κ2) is 4.87. The molecule has 0 unspecified atom stereocenters. The van der Waals surface area contributed by atoms with Crippen molar-refractivity contribution in [2.75, 3.05) is 17.6 Å². The van der Waals surface area contributed by atoms with E-state index in [1.54, 1.807) is 12.4 Å². The maximum atomic E-state index is 5.92. The van der Waals surface area contributed by atoms with Gasteiger partial charge in [0, 0.05) is 41.1 Å². The van der Waals surface area contributed by atoms with E-state index < -0.39 is 0 Å². The Morgan fingerprint density at radius 2 is 2.12 bits per heavy atom. The van der Waals surface area contributed by atoms with Gasteiger partial charge in [0.15, 0.2) is 0 Å². The van der Waals surface area contributed by atoms with Gasteiger partial charge in [-0.2, -0.15) is 0 Å². The van der Waals surface area contributed by atoms with E-state index in [4.69, 9.17) is 5.73 Å². The van der Waals surface area contributed by atoms with Crippen molar-refractivity contribution in [2.45, 2.75) is 13.8 Å². The summed E-state index contributed by atoms with van der Waals surface area (Å²) >= 11 is 0. The molecular formula is C14H17N3. The number of nitrogen functional groups attached to an aromatic ring is 1. The molecule has 0 aliphatic carbocycles. The molecule has 0 amide bonds. The molecule has 3 nitrogen and oxygen atoms in total. The van der Waals surface area contributed by atoms with Gasteiger partial charge in [0.2, 0.25) is 0 Å². The molecule has 17 heavy (non-hydrogen) atoms. The molecule has 0 bridgehead atoms. The first-order valence-corrected chi connectivity index (χ1v) is 5.68. The molecule has 0 radical (unpaired) electrons. The Morgan fingerprint density at radius 3 is 2.88 bits per heavy atom.